The Morgan fingerprint density at radius 2 is 2.07 bits per heavy atom. The van der Waals surface area contributed by atoms with Crippen molar-refractivity contribution < 1.29 is 9.90 Å². The van der Waals surface area contributed by atoms with Crippen LogP contribution in [0.15, 0.2) is 0 Å². The Balaban J connectivity index is 2.58. The van der Waals surface area contributed by atoms with E-state index in [1.54, 1.807) is 0 Å². The van der Waals surface area contributed by atoms with Crippen molar-refractivity contribution in [3.8, 4) is 0 Å². The Hall–Kier alpha value is -0.610. The molecular weight excluding hydrogens is 180 g/mol. The summed E-state index contributed by atoms with van der Waals surface area (Å²) in [7, 11) is 2.03. The number of carboxylic acid groups (broad SMARTS) is 1. The fourth-order valence-electron chi connectivity index (χ4n) is 1.83. The van der Waals surface area contributed by atoms with Crippen molar-refractivity contribution in [3.63, 3.8) is 0 Å². The summed E-state index contributed by atoms with van der Waals surface area (Å²) in [5, 5.41) is 12.4. The van der Waals surface area contributed by atoms with Gasteiger partial charge in [0.1, 0.15) is 5.54 Å². The van der Waals surface area contributed by atoms with Gasteiger partial charge in [0.15, 0.2) is 0 Å². The molecule has 4 nitrogen and oxygen atoms in total. The van der Waals surface area contributed by atoms with Crippen LogP contribution in [0.4, 0.5) is 0 Å². The van der Waals surface area contributed by atoms with Gasteiger partial charge >= 0.3 is 5.97 Å². The van der Waals surface area contributed by atoms with E-state index >= 15 is 0 Å². The molecule has 14 heavy (non-hydrogen) atoms. The van der Waals surface area contributed by atoms with E-state index in [4.69, 9.17) is 0 Å². The molecule has 0 unspecified atom stereocenters. The third kappa shape index (κ3) is 2.45. The highest BCUT2D eigenvalue weighted by molar-refractivity contribution is 5.79. The maximum Gasteiger partial charge on any atom is 0.323 e. The van der Waals surface area contributed by atoms with E-state index < -0.39 is 11.5 Å². The van der Waals surface area contributed by atoms with Crippen molar-refractivity contribution in [2.24, 2.45) is 0 Å². The molecule has 0 atom stereocenters. The number of carboxylic acids is 1. The molecule has 0 spiro atoms. The number of piperidine rings is 1. The maximum atomic E-state index is 11.2. The predicted octanol–water partition coefficient (Wildman–Crippen LogP) is 0.535. The van der Waals surface area contributed by atoms with Gasteiger partial charge in [-0.1, -0.05) is 6.92 Å². The van der Waals surface area contributed by atoms with Gasteiger partial charge in [-0.05, 0) is 32.9 Å². The summed E-state index contributed by atoms with van der Waals surface area (Å²) in [6.07, 6.45) is 2.39. The van der Waals surface area contributed by atoms with Crippen LogP contribution >= 0.6 is 0 Å². The van der Waals surface area contributed by atoms with Crippen LogP contribution in [0.3, 0.4) is 0 Å². The average Bonchev–Trinajstić information content (AvgIpc) is 2.17. The minimum Gasteiger partial charge on any atom is -0.480 e. The number of carbonyl (C=O) groups is 1. The molecule has 1 aliphatic rings. The standard InChI is InChI=1S/C10H20N2O2/c1-3-6-11-10(9(13)14)4-7-12(2)8-5-10/h11H,3-8H2,1-2H3,(H,13,14). The Morgan fingerprint density at radius 3 is 2.50 bits per heavy atom. The van der Waals surface area contributed by atoms with Gasteiger partial charge in [0.05, 0.1) is 0 Å². The van der Waals surface area contributed by atoms with Gasteiger partial charge in [0.2, 0.25) is 0 Å². The molecule has 0 aromatic rings. The average molecular weight is 200 g/mol. The lowest BCUT2D eigenvalue weighted by Gasteiger charge is -2.38. The highest BCUT2D eigenvalue weighted by Crippen LogP contribution is 2.21. The second kappa shape index (κ2) is 4.75. The van der Waals surface area contributed by atoms with E-state index in [1.807, 2.05) is 7.05 Å². The van der Waals surface area contributed by atoms with Gasteiger partial charge in [-0.3, -0.25) is 4.79 Å². The van der Waals surface area contributed by atoms with Crippen LogP contribution in [0, 0.1) is 0 Å². The molecule has 4 heteroatoms. The van der Waals surface area contributed by atoms with E-state index in [0.717, 1.165) is 26.1 Å². The first kappa shape index (κ1) is 11.5. The van der Waals surface area contributed by atoms with E-state index in [1.165, 1.54) is 0 Å². The van der Waals surface area contributed by atoms with E-state index in [-0.39, 0.29) is 0 Å². The second-order valence-electron chi connectivity index (χ2n) is 4.12. The number of nitrogens with one attached hydrogen (secondary N) is 1. The molecule has 2 N–H and O–H groups in total. The summed E-state index contributed by atoms with van der Waals surface area (Å²) in [4.78, 5) is 13.4. The molecule has 1 fully saturated rings. The van der Waals surface area contributed by atoms with Crippen molar-refractivity contribution >= 4 is 5.97 Å². The van der Waals surface area contributed by atoms with Crippen molar-refractivity contribution in [3.05, 3.63) is 0 Å². The predicted molar refractivity (Wildman–Crippen MR) is 55.4 cm³/mol. The number of nitrogens with zero attached hydrogens (tertiary/aromatic N) is 1. The number of aliphatic carboxylic acids is 1. The molecule has 82 valence electrons. The Morgan fingerprint density at radius 1 is 1.50 bits per heavy atom. The lowest BCUT2D eigenvalue weighted by atomic mass is 9.87. The van der Waals surface area contributed by atoms with Crippen LogP contribution < -0.4 is 5.32 Å². The monoisotopic (exact) mass is 200 g/mol. The molecule has 0 bridgehead atoms. The topological polar surface area (TPSA) is 52.6 Å². The first-order valence-corrected chi connectivity index (χ1v) is 5.28. The molecule has 1 saturated heterocycles. The van der Waals surface area contributed by atoms with Gasteiger partial charge < -0.3 is 15.3 Å². The normalized spacial score (nSPS) is 22.1. The number of hydrogen-bond acceptors (Lipinski definition) is 3. The van der Waals surface area contributed by atoms with Crippen LogP contribution in [-0.2, 0) is 4.79 Å². The summed E-state index contributed by atoms with van der Waals surface area (Å²) < 4.78 is 0. The zero-order valence-electron chi connectivity index (χ0n) is 9.05. The summed E-state index contributed by atoms with van der Waals surface area (Å²) >= 11 is 0. The van der Waals surface area contributed by atoms with Crippen LogP contribution in [0.25, 0.3) is 0 Å². The molecule has 0 aliphatic carbocycles. The first-order valence-electron chi connectivity index (χ1n) is 5.28. The Labute approximate surface area is 85.3 Å². The molecule has 1 aliphatic heterocycles. The number of likely N-dealkylation sites (tertiary alicyclic amines) is 1. The first-order chi connectivity index (χ1) is 6.60. The smallest absolute Gasteiger partial charge is 0.323 e. The SMILES string of the molecule is CCCNC1(C(=O)O)CCN(C)CC1. The highest BCUT2D eigenvalue weighted by atomic mass is 16.4. The van der Waals surface area contributed by atoms with Crippen molar-refractivity contribution in [1.29, 1.82) is 0 Å². The Kier molecular flexibility index (Phi) is 3.89. The molecule has 1 rings (SSSR count). The molecule has 0 radical (unpaired) electrons. The van der Waals surface area contributed by atoms with Crippen LogP contribution in [0.1, 0.15) is 26.2 Å². The summed E-state index contributed by atoms with van der Waals surface area (Å²) in [5.74, 6) is -0.695. The van der Waals surface area contributed by atoms with Crippen molar-refractivity contribution in [1.82, 2.24) is 10.2 Å². The van der Waals surface area contributed by atoms with Gasteiger partial charge in [-0.2, -0.15) is 0 Å². The van der Waals surface area contributed by atoms with Crippen LogP contribution in [0.5, 0.6) is 0 Å². The summed E-state index contributed by atoms with van der Waals surface area (Å²) in [6.45, 7) is 4.57. The molecule has 0 amide bonds. The fraction of sp³-hybridized carbons (Fsp3) is 0.900. The number of rotatable bonds is 4. The molecule has 1 heterocycles. The number of hydrogen-bond donors (Lipinski definition) is 2. The van der Waals surface area contributed by atoms with Gasteiger partial charge in [-0.15, -0.1) is 0 Å². The van der Waals surface area contributed by atoms with E-state index in [2.05, 4.69) is 17.1 Å². The summed E-state index contributed by atoms with van der Waals surface area (Å²) in [6, 6.07) is 0. The lowest BCUT2D eigenvalue weighted by molar-refractivity contribution is -0.147. The Bertz CT molecular complexity index is 193. The van der Waals surface area contributed by atoms with Crippen molar-refractivity contribution in [2.75, 3.05) is 26.7 Å². The van der Waals surface area contributed by atoms with Gasteiger partial charge in [0.25, 0.3) is 0 Å². The minimum atomic E-state index is -0.695. The third-order valence-corrected chi connectivity index (χ3v) is 2.96. The molecule has 0 saturated carbocycles. The largest absolute Gasteiger partial charge is 0.480 e. The zero-order chi connectivity index (χ0) is 10.6. The lowest BCUT2D eigenvalue weighted by Crippen LogP contribution is -2.58. The molecular formula is C10H20N2O2. The molecule has 0 aromatic carbocycles. The van der Waals surface area contributed by atoms with E-state index in [0.29, 0.717) is 12.8 Å². The highest BCUT2D eigenvalue weighted by Gasteiger charge is 2.39. The van der Waals surface area contributed by atoms with Gasteiger partial charge in [-0.25, -0.2) is 0 Å². The second-order valence-corrected chi connectivity index (χ2v) is 4.12. The summed E-state index contributed by atoms with van der Waals surface area (Å²) in [5.41, 5.74) is -0.664. The van der Waals surface area contributed by atoms with E-state index in [9.17, 15) is 9.90 Å². The van der Waals surface area contributed by atoms with Crippen LogP contribution in [-0.4, -0.2) is 48.2 Å². The van der Waals surface area contributed by atoms with Crippen LogP contribution in [0.2, 0.25) is 0 Å². The zero-order valence-corrected chi connectivity index (χ0v) is 9.05. The third-order valence-electron chi connectivity index (χ3n) is 2.96. The maximum absolute atomic E-state index is 11.2. The quantitative estimate of drug-likeness (QED) is 0.695. The fourth-order valence-corrected chi connectivity index (χ4v) is 1.83. The molecule has 0 aromatic heterocycles. The van der Waals surface area contributed by atoms with Gasteiger partial charge in [0, 0.05) is 13.1 Å². The minimum absolute atomic E-state index is 0.664. The van der Waals surface area contributed by atoms with Crippen molar-refractivity contribution in [2.45, 2.75) is 31.7 Å².